The number of hydrogen-bond acceptors (Lipinski definition) is 6. The van der Waals surface area contributed by atoms with E-state index in [4.69, 9.17) is 14.3 Å². The van der Waals surface area contributed by atoms with Crippen LogP contribution in [0.15, 0.2) is 88.3 Å². The lowest BCUT2D eigenvalue weighted by Gasteiger charge is -2.10. The molecule has 0 atom stereocenters. The quantitative estimate of drug-likeness (QED) is 0.392. The van der Waals surface area contributed by atoms with Gasteiger partial charge >= 0.3 is 0 Å². The third kappa shape index (κ3) is 4.06. The molecular formula is C24H20N4O4S. The van der Waals surface area contributed by atoms with E-state index in [2.05, 4.69) is 9.71 Å². The molecule has 3 aromatic heterocycles. The standard InChI is InChI=1S/C24H20N4O4S/c1-16-3-13-23(32-16)22-15-25-24-14-12-21(26-28(22)24)17-4-6-18(7-5-17)27-33(29,30)20-10-8-19(31-2)9-11-20/h3-15,27H,1-2H3. The number of aromatic nitrogens is 3. The van der Waals surface area contributed by atoms with Crippen molar-refractivity contribution in [3.63, 3.8) is 0 Å². The zero-order chi connectivity index (χ0) is 23.0. The summed E-state index contributed by atoms with van der Waals surface area (Å²) >= 11 is 0. The van der Waals surface area contributed by atoms with Gasteiger partial charge in [-0.1, -0.05) is 12.1 Å². The van der Waals surface area contributed by atoms with Gasteiger partial charge in [0.05, 0.1) is 23.9 Å². The Kier molecular flexibility index (Phi) is 5.10. The first-order valence-corrected chi connectivity index (χ1v) is 11.6. The van der Waals surface area contributed by atoms with Crippen molar-refractivity contribution in [3.05, 3.63) is 84.8 Å². The molecule has 5 rings (SSSR count). The third-order valence-electron chi connectivity index (χ3n) is 5.16. The maximum absolute atomic E-state index is 12.7. The van der Waals surface area contributed by atoms with Crippen molar-refractivity contribution in [1.82, 2.24) is 14.6 Å². The molecule has 1 N–H and O–H groups in total. The van der Waals surface area contributed by atoms with Crippen molar-refractivity contribution in [3.8, 4) is 28.5 Å². The minimum atomic E-state index is -3.72. The maximum atomic E-state index is 12.7. The van der Waals surface area contributed by atoms with Gasteiger partial charge in [-0.15, -0.1) is 0 Å². The number of hydrogen-bond donors (Lipinski definition) is 1. The van der Waals surface area contributed by atoms with Crippen molar-refractivity contribution >= 4 is 21.4 Å². The lowest BCUT2D eigenvalue weighted by Crippen LogP contribution is -2.12. The van der Waals surface area contributed by atoms with E-state index >= 15 is 0 Å². The number of nitrogens with one attached hydrogen (secondary N) is 1. The maximum Gasteiger partial charge on any atom is 0.261 e. The monoisotopic (exact) mass is 460 g/mol. The summed E-state index contributed by atoms with van der Waals surface area (Å²) in [5, 5.41) is 4.70. The highest BCUT2D eigenvalue weighted by Crippen LogP contribution is 2.26. The highest BCUT2D eigenvalue weighted by atomic mass is 32.2. The largest absolute Gasteiger partial charge is 0.497 e. The van der Waals surface area contributed by atoms with Gasteiger partial charge in [0.1, 0.15) is 17.2 Å². The fourth-order valence-corrected chi connectivity index (χ4v) is 4.50. The second-order valence-electron chi connectivity index (χ2n) is 7.40. The molecule has 5 aromatic rings. The first-order chi connectivity index (χ1) is 15.9. The molecule has 3 heterocycles. The highest BCUT2D eigenvalue weighted by molar-refractivity contribution is 7.92. The normalized spacial score (nSPS) is 11.6. The van der Waals surface area contributed by atoms with Crippen LogP contribution in [0.5, 0.6) is 5.75 Å². The number of nitrogens with zero attached hydrogens (tertiary/aromatic N) is 3. The predicted octanol–water partition coefficient (Wildman–Crippen LogP) is 4.77. The molecule has 8 nitrogen and oxygen atoms in total. The molecule has 0 unspecified atom stereocenters. The van der Waals surface area contributed by atoms with Crippen molar-refractivity contribution < 1.29 is 17.6 Å². The topological polar surface area (TPSA) is 98.7 Å². The zero-order valence-electron chi connectivity index (χ0n) is 17.9. The van der Waals surface area contributed by atoms with Crippen LogP contribution >= 0.6 is 0 Å². The lowest BCUT2D eigenvalue weighted by molar-refractivity contribution is 0.414. The molecule has 0 aliphatic carbocycles. The lowest BCUT2D eigenvalue weighted by atomic mass is 10.1. The number of sulfonamides is 1. The van der Waals surface area contributed by atoms with E-state index in [0.29, 0.717) is 22.8 Å². The Balaban J connectivity index is 1.41. The zero-order valence-corrected chi connectivity index (χ0v) is 18.7. The fraction of sp³-hybridized carbons (Fsp3) is 0.0833. The first kappa shape index (κ1) is 20.8. The first-order valence-electron chi connectivity index (χ1n) is 10.1. The molecule has 0 radical (unpaired) electrons. The molecule has 0 amide bonds. The molecule has 0 aliphatic heterocycles. The van der Waals surface area contributed by atoms with Gasteiger partial charge in [0.25, 0.3) is 10.0 Å². The van der Waals surface area contributed by atoms with Gasteiger partial charge in [0.2, 0.25) is 0 Å². The molecule has 0 saturated heterocycles. The second kappa shape index (κ2) is 8.10. The van der Waals surface area contributed by atoms with E-state index in [0.717, 1.165) is 22.7 Å². The van der Waals surface area contributed by atoms with Crippen LogP contribution in [0.25, 0.3) is 28.4 Å². The molecule has 9 heteroatoms. The number of furan rings is 1. The average molecular weight is 461 g/mol. The summed E-state index contributed by atoms with van der Waals surface area (Å²) in [4.78, 5) is 4.54. The average Bonchev–Trinajstić information content (AvgIpc) is 3.44. The smallest absolute Gasteiger partial charge is 0.261 e. The van der Waals surface area contributed by atoms with Crippen LogP contribution in [0.1, 0.15) is 5.76 Å². The Morgan fingerprint density at radius 1 is 0.939 bits per heavy atom. The summed E-state index contributed by atoms with van der Waals surface area (Å²) < 4.78 is 40.4. The van der Waals surface area contributed by atoms with Gasteiger partial charge in [-0.25, -0.2) is 17.9 Å². The number of aryl methyl sites for hydroxylation is 1. The van der Waals surface area contributed by atoms with Crippen LogP contribution in [0, 0.1) is 6.92 Å². The van der Waals surface area contributed by atoms with Gasteiger partial charge in [-0.3, -0.25) is 4.72 Å². The highest BCUT2D eigenvalue weighted by Gasteiger charge is 2.15. The second-order valence-corrected chi connectivity index (χ2v) is 9.08. The minimum absolute atomic E-state index is 0.153. The van der Waals surface area contributed by atoms with Crippen molar-refractivity contribution in [2.24, 2.45) is 0 Å². The van der Waals surface area contributed by atoms with E-state index in [1.54, 1.807) is 35.0 Å². The molecular weight excluding hydrogens is 440 g/mol. The van der Waals surface area contributed by atoms with Crippen molar-refractivity contribution in [2.45, 2.75) is 11.8 Å². The van der Waals surface area contributed by atoms with Gasteiger partial charge in [-0.2, -0.15) is 5.10 Å². The number of ether oxygens (including phenoxy) is 1. The molecule has 0 bridgehead atoms. The molecule has 2 aromatic carbocycles. The van der Waals surface area contributed by atoms with Crippen LogP contribution in [-0.4, -0.2) is 30.1 Å². The Labute approximate surface area is 190 Å². The van der Waals surface area contributed by atoms with Crippen LogP contribution < -0.4 is 9.46 Å². The summed E-state index contributed by atoms with van der Waals surface area (Å²) in [5.41, 5.74) is 3.45. The van der Waals surface area contributed by atoms with Crippen molar-refractivity contribution in [2.75, 3.05) is 11.8 Å². The third-order valence-corrected chi connectivity index (χ3v) is 6.55. The summed E-state index contributed by atoms with van der Waals surface area (Å²) in [6.07, 6.45) is 1.72. The van der Waals surface area contributed by atoms with E-state index < -0.39 is 10.0 Å². The van der Waals surface area contributed by atoms with Crippen molar-refractivity contribution in [1.29, 1.82) is 0 Å². The van der Waals surface area contributed by atoms with Crippen LogP contribution in [-0.2, 0) is 10.0 Å². The van der Waals surface area contributed by atoms with Gasteiger partial charge in [0, 0.05) is 11.3 Å². The van der Waals surface area contributed by atoms with Crippen LogP contribution in [0.3, 0.4) is 0 Å². The molecule has 166 valence electrons. The van der Waals surface area contributed by atoms with E-state index in [9.17, 15) is 8.42 Å². The molecule has 33 heavy (non-hydrogen) atoms. The van der Waals surface area contributed by atoms with Crippen LogP contribution in [0.2, 0.25) is 0 Å². The summed E-state index contributed by atoms with van der Waals surface area (Å²) in [7, 11) is -2.19. The molecule has 0 aliphatic rings. The minimum Gasteiger partial charge on any atom is -0.497 e. The SMILES string of the molecule is COc1ccc(S(=O)(=O)Nc2ccc(-c3ccc4ncc(-c5ccc(C)o5)n4n3)cc2)cc1. The number of rotatable bonds is 6. The van der Waals surface area contributed by atoms with Gasteiger partial charge in [0.15, 0.2) is 11.4 Å². The summed E-state index contributed by atoms with van der Waals surface area (Å²) in [5.74, 6) is 2.09. The number of anilines is 1. The number of imidazole rings is 1. The Bertz CT molecular complexity index is 1540. The predicted molar refractivity (Wildman–Crippen MR) is 125 cm³/mol. The number of benzene rings is 2. The number of methoxy groups -OCH3 is 1. The fourth-order valence-electron chi connectivity index (χ4n) is 3.45. The summed E-state index contributed by atoms with van der Waals surface area (Å²) in [6, 6.07) is 20.8. The summed E-state index contributed by atoms with van der Waals surface area (Å²) in [6.45, 7) is 1.88. The number of fused-ring (bicyclic) bond motifs is 1. The van der Waals surface area contributed by atoms with E-state index in [-0.39, 0.29) is 4.90 Å². The van der Waals surface area contributed by atoms with Gasteiger partial charge < -0.3 is 9.15 Å². The molecule has 0 saturated carbocycles. The Morgan fingerprint density at radius 3 is 2.36 bits per heavy atom. The Morgan fingerprint density at radius 2 is 1.70 bits per heavy atom. The Hall–Kier alpha value is -4.11. The van der Waals surface area contributed by atoms with E-state index in [1.807, 2.05) is 43.3 Å². The molecule has 0 fully saturated rings. The molecule has 0 spiro atoms. The van der Waals surface area contributed by atoms with E-state index in [1.165, 1.54) is 19.2 Å². The van der Waals surface area contributed by atoms with Crippen LogP contribution in [0.4, 0.5) is 5.69 Å². The van der Waals surface area contributed by atoms with Gasteiger partial charge in [-0.05, 0) is 67.6 Å².